The lowest BCUT2D eigenvalue weighted by Crippen LogP contribution is -2.57. The summed E-state index contributed by atoms with van der Waals surface area (Å²) < 4.78 is 14.2. The number of carbonyl (C=O) groups excluding carboxylic acids is 1. The number of rotatable bonds is 8. The van der Waals surface area contributed by atoms with E-state index in [0.29, 0.717) is 24.0 Å². The lowest BCUT2D eigenvalue weighted by Gasteiger charge is -2.21. The molecule has 0 aliphatic heterocycles. The number of aromatic nitrogens is 6. The zero-order valence-corrected chi connectivity index (χ0v) is 19.1. The van der Waals surface area contributed by atoms with Crippen molar-refractivity contribution in [1.82, 2.24) is 24.8 Å². The van der Waals surface area contributed by atoms with Crippen molar-refractivity contribution in [3.05, 3.63) is 61.0 Å². The standard InChI is InChI=1S/C24H26N7O3/c1-3-33-21(32)14-30-13-18(12-28-30)22-29-31(15-34-22)24(2,20-8-9-20)19-6-4-16(5-7-19)17-10-26-23(25)27-11-17/h4-7,10-13,15,20H,3,8-9,14H2,1-2H3,(H2,25,26,27)/q+1/t24-/m0/s1. The van der Waals surface area contributed by atoms with Gasteiger partial charge in [-0.3, -0.25) is 9.48 Å². The average molecular weight is 461 g/mol. The summed E-state index contributed by atoms with van der Waals surface area (Å²) >= 11 is 0. The Balaban J connectivity index is 1.40. The quantitative estimate of drug-likeness (QED) is 0.314. The molecule has 1 aliphatic carbocycles. The van der Waals surface area contributed by atoms with Crippen LogP contribution in [0.4, 0.5) is 5.95 Å². The van der Waals surface area contributed by atoms with Gasteiger partial charge in [0.15, 0.2) is 0 Å². The van der Waals surface area contributed by atoms with Gasteiger partial charge >= 0.3 is 12.4 Å². The molecule has 0 unspecified atom stereocenters. The normalized spacial score (nSPS) is 15.1. The van der Waals surface area contributed by atoms with Crippen molar-refractivity contribution in [2.24, 2.45) is 5.92 Å². The summed E-state index contributed by atoms with van der Waals surface area (Å²) in [6.45, 7) is 4.33. The molecule has 34 heavy (non-hydrogen) atoms. The van der Waals surface area contributed by atoms with Crippen LogP contribution in [0.1, 0.15) is 32.3 Å². The number of benzene rings is 1. The Morgan fingerprint density at radius 1 is 1.18 bits per heavy atom. The molecule has 0 amide bonds. The van der Waals surface area contributed by atoms with E-state index in [1.54, 1.807) is 38.1 Å². The third kappa shape index (κ3) is 4.14. The lowest BCUT2D eigenvalue weighted by molar-refractivity contribution is -0.806. The monoisotopic (exact) mass is 460 g/mol. The SMILES string of the molecule is CCOC(=O)Cn1cc(-c2n[n+]([C@@](C)(c3ccc(-c4cnc(N)nc4)cc3)C3CC3)co2)cn1. The number of hydrogen-bond donors (Lipinski definition) is 1. The molecular weight excluding hydrogens is 434 g/mol. The molecule has 0 saturated heterocycles. The summed E-state index contributed by atoms with van der Waals surface area (Å²) in [7, 11) is 0. The van der Waals surface area contributed by atoms with E-state index < -0.39 is 0 Å². The van der Waals surface area contributed by atoms with Gasteiger partial charge in [0.25, 0.3) is 5.89 Å². The predicted octanol–water partition coefficient (Wildman–Crippen LogP) is 2.60. The Bertz CT molecular complexity index is 1290. The van der Waals surface area contributed by atoms with Crippen molar-refractivity contribution in [2.75, 3.05) is 12.3 Å². The van der Waals surface area contributed by atoms with Crippen molar-refractivity contribution in [2.45, 2.75) is 38.8 Å². The van der Waals surface area contributed by atoms with Gasteiger partial charge in [0, 0.05) is 47.7 Å². The summed E-state index contributed by atoms with van der Waals surface area (Å²) in [4.78, 5) is 19.9. The number of nitrogen functional groups attached to an aromatic ring is 1. The molecule has 10 nitrogen and oxygen atoms in total. The fourth-order valence-electron chi connectivity index (χ4n) is 4.17. The van der Waals surface area contributed by atoms with Gasteiger partial charge in [-0.2, -0.15) is 5.10 Å². The first-order valence-corrected chi connectivity index (χ1v) is 11.2. The molecule has 4 aromatic rings. The largest absolute Gasteiger partial charge is 0.465 e. The molecule has 1 saturated carbocycles. The lowest BCUT2D eigenvalue weighted by atomic mass is 9.86. The molecule has 0 bridgehead atoms. The fraction of sp³-hybridized carbons (Fsp3) is 0.333. The minimum absolute atomic E-state index is 0.0414. The van der Waals surface area contributed by atoms with Crippen molar-refractivity contribution < 1.29 is 18.6 Å². The Hall–Kier alpha value is -4.08. The number of hydrogen-bond acceptors (Lipinski definition) is 8. The van der Waals surface area contributed by atoms with E-state index in [9.17, 15) is 4.79 Å². The van der Waals surface area contributed by atoms with Crippen LogP contribution in [0.15, 0.2) is 59.9 Å². The second kappa shape index (κ2) is 8.69. The van der Waals surface area contributed by atoms with E-state index in [0.717, 1.165) is 29.5 Å². The topological polar surface area (TPSA) is 126 Å². The summed E-state index contributed by atoms with van der Waals surface area (Å²) in [5.41, 5.74) is 8.99. The Kier molecular flexibility index (Phi) is 5.56. The van der Waals surface area contributed by atoms with Crippen LogP contribution in [0.5, 0.6) is 0 Å². The van der Waals surface area contributed by atoms with Crippen LogP contribution in [0.25, 0.3) is 22.6 Å². The van der Waals surface area contributed by atoms with E-state index >= 15 is 0 Å². The number of nitrogens with two attached hydrogens (primary N) is 1. The summed E-state index contributed by atoms with van der Waals surface area (Å²) in [6.07, 6.45) is 10.7. The summed E-state index contributed by atoms with van der Waals surface area (Å²) in [5.74, 6) is 0.812. The third-order valence-electron chi connectivity index (χ3n) is 6.26. The first-order valence-electron chi connectivity index (χ1n) is 11.2. The molecule has 1 aliphatic rings. The van der Waals surface area contributed by atoms with Crippen molar-refractivity contribution in [1.29, 1.82) is 0 Å². The highest BCUT2D eigenvalue weighted by Crippen LogP contribution is 2.45. The minimum atomic E-state index is -0.362. The van der Waals surface area contributed by atoms with E-state index in [-0.39, 0.29) is 24.0 Å². The molecule has 5 rings (SSSR count). The van der Waals surface area contributed by atoms with Crippen molar-refractivity contribution >= 4 is 11.9 Å². The van der Waals surface area contributed by atoms with Gasteiger partial charge in [-0.1, -0.05) is 24.3 Å². The van der Waals surface area contributed by atoms with Crippen molar-refractivity contribution in [3.63, 3.8) is 0 Å². The van der Waals surface area contributed by atoms with E-state index in [1.807, 2.05) is 4.68 Å². The Morgan fingerprint density at radius 3 is 2.59 bits per heavy atom. The summed E-state index contributed by atoms with van der Waals surface area (Å²) in [6, 6.07) is 8.35. The zero-order chi connectivity index (χ0) is 23.7. The first-order chi connectivity index (χ1) is 16.5. The minimum Gasteiger partial charge on any atom is -0.465 e. The zero-order valence-electron chi connectivity index (χ0n) is 19.1. The molecule has 1 aromatic carbocycles. The molecule has 3 aromatic heterocycles. The van der Waals surface area contributed by atoms with Gasteiger partial charge < -0.3 is 14.9 Å². The maximum atomic E-state index is 11.7. The molecule has 10 heteroatoms. The van der Waals surface area contributed by atoms with Crippen molar-refractivity contribution in [3.8, 4) is 22.6 Å². The van der Waals surface area contributed by atoms with E-state index in [4.69, 9.17) is 20.0 Å². The van der Waals surface area contributed by atoms with Crippen LogP contribution < -0.4 is 10.4 Å². The maximum absolute atomic E-state index is 11.7. The van der Waals surface area contributed by atoms with Crippen LogP contribution in [-0.2, 0) is 21.6 Å². The molecule has 0 spiro atoms. The molecule has 1 fully saturated rings. The fourth-order valence-corrected chi connectivity index (χ4v) is 4.17. The van der Waals surface area contributed by atoms with Crippen LogP contribution in [0.2, 0.25) is 0 Å². The Morgan fingerprint density at radius 2 is 1.91 bits per heavy atom. The molecule has 2 N–H and O–H groups in total. The highest BCUT2D eigenvalue weighted by Gasteiger charge is 2.53. The van der Waals surface area contributed by atoms with Gasteiger partial charge in [-0.15, -0.1) is 0 Å². The maximum Gasteiger partial charge on any atom is 0.362 e. The Labute approximate surface area is 196 Å². The van der Waals surface area contributed by atoms with Crippen LogP contribution in [0.3, 0.4) is 0 Å². The number of anilines is 1. The number of nitrogens with zero attached hydrogens (tertiary/aromatic N) is 6. The highest BCUT2D eigenvalue weighted by molar-refractivity contribution is 5.69. The molecule has 3 heterocycles. The van der Waals surface area contributed by atoms with E-state index in [2.05, 4.69) is 46.3 Å². The van der Waals surface area contributed by atoms with Gasteiger partial charge in [-0.05, 0) is 30.0 Å². The number of esters is 1. The molecular formula is C24H26N7O3+. The van der Waals surface area contributed by atoms with Gasteiger partial charge in [0.1, 0.15) is 6.54 Å². The van der Waals surface area contributed by atoms with Crippen LogP contribution in [-0.4, -0.2) is 37.4 Å². The van der Waals surface area contributed by atoms with Gasteiger partial charge in [0.05, 0.1) is 18.4 Å². The smallest absolute Gasteiger partial charge is 0.362 e. The molecule has 1 atom stereocenters. The number of ether oxygens (including phenoxy) is 1. The highest BCUT2D eigenvalue weighted by atomic mass is 16.5. The van der Waals surface area contributed by atoms with Crippen LogP contribution in [0, 0.1) is 5.92 Å². The number of carbonyl (C=O) groups is 1. The summed E-state index contributed by atoms with van der Waals surface area (Å²) in [5, 5.41) is 8.98. The molecule has 0 radical (unpaired) electrons. The van der Waals surface area contributed by atoms with Crippen LogP contribution >= 0.6 is 0 Å². The molecule has 174 valence electrons. The first kappa shape index (κ1) is 21.7. The van der Waals surface area contributed by atoms with Gasteiger partial charge in [0.2, 0.25) is 11.5 Å². The average Bonchev–Trinajstić information content (AvgIpc) is 3.40. The van der Waals surface area contributed by atoms with E-state index in [1.165, 1.54) is 4.68 Å². The predicted molar refractivity (Wildman–Crippen MR) is 122 cm³/mol. The van der Waals surface area contributed by atoms with Gasteiger partial charge in [-0.25, -0.2) is 9.97 Å². The third-order valence-corrected chi connectivity index (χ3v) is 6.26. The second-order valence-electron chi connectivity index (χ2n) is 8.53. The second-order valence-corrected chi connectivity index (χ2v) is 8.53.